The van der Waals surface area contributed by atoms with Crippen LogP contribution in [0.1, 0.15) is 40.6 Å². The van der Waals surface area contributed by atoms with Crippen LogP contribution in [-0.4, -0.2) is 62.1 Å². The van der Waals surface area contributed by atoms with E-state index in [9.17, 15) is 4.79 Å². The molecule has 1 fully saturated rings. The summed E-state index contributed by atoms with van der Waals surface area (Å²) < 4.78 is 5.17. The number of thiophene rings is 1. The Morgan fingerprint density at radius 2 is 2.22 bits per heavy atom. The standard InChI is InChI=1S/C18H28N2O2S/c1-14-4-5-15-16(13-23-17(15)12-14)18(21)20-7-3-6-19(8-9-20)10-11-22-2/h13-14H,3-12H2,1-2H3. The van der Waals surface area contributed by atoms with E-state index in [4.69, 9.17) is 4.74 Å². The Morgan fingerprint density at radius 3 is 3.04 bits per heavy atom. The zero-order valence-electron chi connectivity index (χ0n) is 14.3. The zero-order valence-corrected chi connectivity index (χ0v) is 15.2. The van der Waals surface area contributed by atoms with Crippen LogP contribution in [0.25, 0.3) is 0 Å². The second-order valence-electron chi connectivity index (χ2n) is 6.88. The highest BCUT2D eigenvalue weighted by molar-refractivity contribution is 7.10. The van der Waals surface area contributed by atoms with Crippen molar-refractivity contribution in [2.75, 3.05) is 46.4 Å². The summed E-state index contributed by atoms with van der Waals surface area (Å²) in [5.74, 6) is 1.02. The molecule has 2 aliphatic rings. The molecule has 1 aromatic rings. The maximum atomic E-state index is 13.0. The van der Waals surface area contributed by atoms with Crippen LogP contribution in [-0.2, 0) is 17.6 Å². The van der Waals surface area contributed by atoms with Gasteiger partial charge >= 0.3 is 0 Å². The number of rotatable bonds is 4. The molecule has 128 valence electrons. The van der Waals surface area contributed by atoms with Crippen molar-refractivity contribution >= 4 is 17.2 Å². The average molecular weight is 337 g/mol. The highest BCUT2D eigenvalue weighted by Gasteiger charge is 2.27. The Hall–Kier alpha value is -0.910. The molecule has 1 aliphatic carbocycles. The molecule has 1 saturated heterocycles. The van der Waals surface area contributed by atoms with Crippen molar-refractivity contribution in [1.82, 2.24) is 9.80 Å². The molecule has 4 nitrogen and oxygen atoms in total. The molecule has 0 aromatic carbocycles. The van der Waals surface area contributed by atoms with Crippen LogP contribution >= 0.6 is 11.3 Å². The Morgan fingerprint density at radius 1 is 1.35 bits per heavy atom. The quantitative estimate of drug-likeness (QED) is 0.847. The minimum absolute atomic E-state index is 0.255. The van der Waals surface area contributed by atoms with E-state index in [0.29, 0.717) is 0 Å². The topological polar surface area (TPSA) is 32.8 Å². The predicted molar refractivity (Wildman–Crippen MR) is 94.3 cm³/mol. The summed E-state index contributed by atoms with van der Waals surface area (Å²) in [6.45, 7) is 7.78. The Bertz CT molecular complexity index is 543. The second kappa shape index (κ2) is 7.77. The predicted octanol–water partition coefficient (Wildman–Crippen LogP) is 2.67. The van der Waals surface area contributed by atoms with Crippen molar-refractivity contribution < 1.29 is 9.53 Å². The molecular formula is C18H28N2O2S. The van der Waals surface area contributed by atoms with Gasteiger partial charge in [-0.25, -0.2) is 0 Å². The SMILES string of the molecule is COCCN1CCCN(C(=O)c2csc3c2CCC(C)C3)CC1. The van der Waals surface area contributed by atoms with Gasteiger partial charge in [-0.15, -0.1) is 11.3 Å². The van der Waals surface area contributed by atoms with Gasteiger partial charge in [-0.3, -0.25) is 9.69 Å². The van der Waals surface area contributed by atoms with Gasteiger partial charge in [0.05, 0.1) is 12.2 Å². The normalized spacial score (nSPS) is 22.7. The fraction of sp³-hybridized carbons (Fsp3) is 0.722. The van der Waals surface area contributed by atoms with E-state index in [1.54, 1.807) is 18.4 Å². The van der Waals surface area contributed by atoms with Gasteiger partial charge in [-0.05, 0) is 43.7 Å². The lowest BCUT2D eigenvalue weighted by molar-refractivity contribution is 0.0758. The molecule has 1 unspecified atom stereocenters. The van der Waals surface area contributed by atoms with Crippen LogP contribution in [0.5, 0.6) is 0 Å². The summed E-state index contributed by atoms with van der Waals surface area (Å²) in [6, 6.07) is 0. The smallest absolute Gasteiger partial charge is 0.255 e. The summed E-state index contributed by atoms with van der Waals surface area (Å²) in [4.78, 5) is 18.9. The lowest BCUT2D eigenvalue weighted by Gasteiger charge is -2.23. The number of ether oxygens (including phenoxy) is 1. The van der Waals surface area contributed by atoms with Crippen LogP contribution < -0.4 is 0 Å². The van der Waals surface area contributed by atoms with Crippen LogP contribution in [0, 0.1) is 5.92 Å². The number of amides is 1. The molecule has 1 aliphatic heterocycles. The molecule has 5 heteroatoms. The zero-order chi connectivity index (χ0) is 16.2. The molecule has 23 heavy (non-hydrogen) atoms. The van der Waals surface area contributed by atoms with E-state index in [1.807, 2.05) is 0 Å². The number of fused-ring (bicyclic) bond motifs is 1. The third-order valence-corrected chi connectivity index (χ3v) is 6.17. The number of nitrogens with zero attached hydrogens (tertiary/aromatic N) is 2. The van der Waals surface area contributed by atoms with Crippen LogP contribution in [0.3, 0.4) is 0 Å². The number of hydrogen-bond acceptors (Lipinski definition) is 4. The van der Waals surface area contributed by atoms with Crippen molar-refractivity contribution in [3.8, 4) is 0 Å². The maximum absolute atomic E-state index is 13.0. The van der Waals surface area contributed by atoms with E-state index >= 15 is 0 Å². The molecule has 3 rings (SSSR count). The first-order valence-electron chi connectivity index (χ1n) is 8.79. The molecule has 0 spiro atoms. The van der Waals surface area contributed by atoms with Gasteiger partial charge in [0.15, 0.2) is 0 Å². The Labute approximate surface area is 143 Å². The van der Waals surface area contributed by atoms with Gasteiger partial charge < -0.3 is 9.64 Å². The number of methoxy groups -OCH3 is 1. The first-order chi connectivity index (χ1) is 11.2. The second-order valence-corrected chi connectivity index (χ2v) is 7.84. The molecule has 0 bridgehead atoms. The molecule has 1 atom stereocenters. The van der Waals surface area contributed by atoms with Gasteiger partial charge in [0, 0.05) is 43.5 Å². The fourth-order valence-corrected chi connectivity index (χ4v) is 4.88. The molecule has 1 aromatic heterocycles. The molecule has 1 amide bonds. The monoisotopic (exact) mass is 336 g/mol. The summed E-state index contributed by atoms with van der Waals surface area (Å²) in [6.07, 6.45) is 4.50. The fourth-order valence-electron chi connectivity index (χ4n) is 3.65. The van der Waals surface area contributed by atoms with Crippen molar-refractivity contribution in [3.05, 3.63) is 21.4 Å². The van der Waals surface area contributed by atoms with Gasteiger partial charge in [-0.2, -0.15) is 0 Å². The Balaban J connectivity index is 1.64. The lowest BCUT2D eigenvalue weighted by Crippen LogP contribution is -2.36. The van der Waals surface area contributed by atoms with Crippen molar-refractivity contribution in [2.45, 2.75) is 32.6 Å². The van der Waals surface area contributed by atoms with Crippen LogP contribution in [0.2, 0.25) is 0 Å². The molecule has 0 radical (unpaired) electrons. The average Bonchev–Trinajstić information content (AvgIpc) is 2.81. The van der Waals surface area contributed by atoms with Gasteiger partial charge in [0.2, 0.25) is 0 Å². The number of hydrogen-bond donors (Lipinski definition) is 0. The van der Waals surface area contributed by atoms with E-state index in [2.05, 4.69) is 22.1 Å². The summed E-state index contributed by atoms with van der Waals surface area (Å²) in [7, 11) is 1.74. The number of carbonyl (C=O) groups is 1. The van der Waals surface area contributed by atoms with E-state index < -0.39 is 0 Å². The van der Waals surface area contributed by atoms with E-state index in [0.717, 1.165) is 70.1 Å². The third-order valence-electron chi connectivity index (χ3n) is 5.12. The Kier molecular flexibility index (Phi) is 5.72. The van der Waals surface area contributed by atoms with Gasteiger partial charge in [0.25, 0.3) is 5.91 Å². The van der Waals surface area contributed by atoms with Crippen LogP contribution in [0.15, 0.2) is 5.38 Å². The van der Waals surface area contributed by atoms with Gasteiger partial charge in [-0.1, -0.05) is 6.92 Å². The lowest BCUT2D eigenvalue weighted by atomic mass is 9.88. The molecule has 2 heterocycles. The highest BCUT2D eigenvalue weighted by atomic mass is 32.1. The summed E-state index contributed by atoms with van der Waals surface area (Å²) in [5.41, 5.74) is 2.33. The highest BCUT2D eigenvalue weighted by Crippen LogP contribution is 2.33. The summed E-state index contributed by atoms with van der Waals surface area (Å²) in [5, 5.41) is 2.11. The van der Waals surface area contributed by atoms with Crippen molar-refractivity contribution in [2.24, 2.45) is 5.92 Å². The van der Waals surface area contributed by atoms with E-state index in [-0.39, 0.29) is 5.91 Å². The first-order valence-corrected chi connectivity index (χ1v) is 9.66. The van der Waals surface area contributed by atoms with Crippen molar-refractivity contribution in [3.63, 3.8) is 0 Å². The molecular weight excluding hydrogens is 308 g/mol. The maximum Gasteiger partial charge on any atom is 0.255 e. The molecule has 0 N–H and O–H groups in total. The first kappa shape index (κ1) is 16.9. The summed E-state index contributed by atoms with van der Waals surface area (Å²) >= 11 is 1.79. The minimum atomic E-state index is 0.255. The third kappa shape index (κ3) is 3.95. The van der Waals surface area contributed by atoms with Crippen LogP contribution in [0.4, 0.5) is 0 Å². The van der Waals surface area contributed by atoms with E-state index in [1.165, 1.54) is 16.9 Å². The van der Waals surface area contributed by atoms with Crippen molar-refractivity contribution in [1.29, 1.82) is 0 Å². The number of carbonyl (C=O) groups excluding carboxylic acids is 1. The minimum Gasteiger partial charge on any atom is -0.383 e. The largest absolute Gasteiger partial charge is 0.383 e. The molecule has 0 saturated carbocycles. The van der Waals surface area contributed by atoms with Gasteiger partial charge in [0.1, 0.15) is 0 Å².